The van der Waals surface area contributed by atoms with E-state index >= 15 is 0 Å². The second-order valence-electron chi connectivity index (χ2n) is 6.72. The van der Waals surface area contributed by atoms with E-state index in [9.17, 15) is 10.5 Å². The van der Waals surface area contributed by atoms with Crippen LogP contribution in [0.4, 0.5) is 11.4 Å². The van der Waals surface area contributed by atoms with Crippen molar-refractivity contribution in [3.63, 3.8) is 0 Å². The molecule has 4 nitrogen and oxygen atoms in total. The fourth-order valence-electron chi connectivity index (χ4n) is 3.70. The van der Waals surface area contributed by atoms with E-state index in [-0.39, 0.29) is 0 Å². The van der Waals surface area contributed by atoms with Crippen LogP contribution in [0.3, 0.4) is 0 Å². The molecule has 0 bridgehead atoms. The highest BCUT2D eigenvalue weighted by Crippen LogP contribution is 2.40. The Kier molecular flexibility index (Phi) is 4.63. The first-order valence-corrected chi connectivity index (χ1v) is 8.63. The molecule has 0 saturated carbocycles. The molecule has 2 N–H and O–H groups in total. The van der Waals surface area contributed by atoms with Crippen LogP contribution in [0.25, 0.3) is 11.1 Å². The Bertz CT molecular complexity index is 880. The van der Waals surface area contributed by atoms with E-state index in [1.165, 1.54) is 0 Å². The number of nitrogen functional groups attached to an aromatic ring is 1. The van der Waals surface area contributed by atoms with E-state index in [4.69, 9.17) is 5.73 Å². The molecule has 0 aliphatic heterocycles. The Morgan fingerprint density at radius 1 is 0.880 bits per heavy atom. The van der Waals surface area contributed by atoms with Crippen LogP contribution < -0.4 is 10.6 Å². The third kappa shape index (κ3) is 2.92. The summed E-state index contributed by atoms with van der Waals surface area (Å²) in [7, 11) is 4.00. The van der Waals surface area contributed by atoms with Crippen molar-refractivity contribution in [1.29, 1.82) is 10.5 Å². The molecule has 0 fully saturated rings. The molecule has 25 heavy (non-hydrogen) atoms. The maximum Gasteiger partial charge on any atom is 0.102 e. The lowest BCUT2D eigenvalue weighted by Crippen LogP contribution is -2.09. The predicted molar refractivity (Wildman–Crippen MR) is 101 cm³/mol. The Morgan fingerprint density at radius 3 is 2.04 bits per heavy atom. The fourth-order valence-corrected chi connectivity index (χ4v) is 3.70. The molecule has 4 heteroatoms. The molecule has 2 aromatic rings. The first-order valence-electron chi connectivity index (χ1n) is 8.63. The van der Waals surface area contributed by atoms with Crippen molar-refractivity contribution in [2.75, 3.05) is 24.7 Å². The molecule has 2 aromatic carbocycles. The molecule has 0 heterocycles. The minimum absolute atomic E-state index is 0.331. The lowest BCUT2D eigenvalue weighted by atomic mass is 9.84. The fraction of sp³-hybridized carbons (Fsp3) is 0.333. The molecule has 126 valence electrons. The molecule has 0 unspecified atom stereocenters. The highest BCUT2D eigenvalue weighted by Gasteiger charge is 2.24. The molecule has 0 atom stereocenters. The number of benzene rings is 2. The van der Waals surface area contributed by atoms with Gasteiger partial charge in [-0.15, -0.1) is 0 Å². The zero-order chi connectivity index (χ0) is 18.0. The monoisotopic (exact) mass is 330 g/mol. The van der Waals surface area contributed by atoms with Gasteiger partial charge in [0.15, 0.2) is 0 Å². The van der Waals surface area contributed by atoms with Gasteiger partial charge in [-0.1, -0.05) is 18.6 Å². The second-order valence-corrected chi connectivity index (χ2v) is 6.72. The molecule has 1 aliphatic carbocycles. The number of rotatable bonds is 2. The zero-order valence-electron chi connectivity index (χ0n) is 14.8. The SMILES string of the molecule is CN(C)c1ccc(-c2c(C#N)c(N)c(C#N)c3c2CCCCC3)cc1. The van der Waals surface area contributed by atoms with Crippen molar-refractivity contribution in [3.8, 4) is 23.3 Å². The summed E-state index contributed by atoms with van der Waals surface area (Å²) in [5, 5.41) is 19.3. The molecular weight excluding hydrogens is 308 g/mol. The summed E-state index contributed by atoms with van der Waals surface area (Å²) in [6, 6.07) is 12.7. The van der Waals surface area contributed by atoms with E-state index in [1.54, 1.807) is 0 Å². The van der Waals surface area contributed by atoms with E-state index in [0.717, 1.165) is 60.0 Å². The van der Waals surface area contributed by atoms with Crippen LogP contribution in [0.1, 0.15) is 41.5 Å². The van der Waals surface area contributed by atoms with Crippen molar-refractivity contribution in [2.24, 2.45) is 0 Å². The first-order chi connectivity index (χ1) is 12.1. The molecule has 1 aliphatic rings. The van der Waals surface area contributed by atoms with Crippen molar-refractivity contribution in [3.05, 3.63) is 46.5 Å². The number of hydrogen-bond acceptors (Lipinski definition) is 4. The second kappa shape index (κ2) is 6.87. The summed E-state index contributed by atoms with van der Waals surface area (Å²) in [4.78, 5) is 2.04. The van der Waals surface area contributed by atoms with Crippen molar-refractivity contribution in [2.45, 2.75) is 32.1 Å². The van der Waals surface area contributed by atoms with Gasteiger partial charge in [0.05, 0.1) is 16.8 Å². The quantitative estimate of drug-likeness (QED) is 0.666. The number of nitriles is 2. The van der Waals surface area contributed by atoms with Crippen LogP contribution in [-0.2, 0) is 12.8 Å². The largest absolute Gasteiger partial charge is 0.397 e. The third-order valence-electron chi connectivity index (χ3n) is 5.01. The summed E-state index contributed by atoms with van der Waals surface area (Å²) < 4.78 is 0. The molecule has 0 spiro atoms. The summed E-state index contributed by atoms with van der Waals surface area (Å²) in [6.07, 6.45) is 5.03. The van der Waals surface area contributed by atoms with Gasteiger partial charge >= 0.3 is 0 Å². The maximum atomic E-state index is 9.75. The van der Waals surface area contributed by atoms with Gasteiger partial charge in [-0.3, -0.25) is 0 Å². The number of fused-ring (bicyclic) bond motifs is 1. The lowest BCUT2D eigenvalue weighted by molar-refractivity contribution is 0.711. The standard InChI is InChI=1S/C21H22N4/c1-25(2)15-10-8-14(9-11-15)20-17-7-5-3-4-6-16(17)18(12-22)21(24)19(20)13-23/h8-11H,3-7,24H2,1-2H3. The Balaban J connectivity index is 2.30. The Hall–Kier alpha value is -2.98. The topological polar surface area (TPSA) is 76.8 Å². The maximum absolute atomic E-state index is 9.75. The van der Waals surface area contributed by atoms with Crippen LogP contribution in [-0.4, -0.2) is 14.1 Å². The average Bonchev–Trinajstić information content (AvgIpc) is 2.86. The van der Waals surface area contributed by atoms with Gasteiger partial charge in [-0.25, -0.2) is 0 Å². The summed E-state index contributed by atoms with van der Waals surface area (Å²) in [6.45, 7) is 0. The predicted octanol–water partition coefficient (Wildman–Crippen LogP) is 4.01. The minimum Gasteiger partial charge on any atom is -0.397 e. The van der Waals surface area contributed by atoms with Crippen LogP contribution in [0, 0.1) is 22.7 Å². The molecule has 0 aromatic heterocycles. The molecule has 0 radical (unpaired) electrons. The number of nitrogens with zero attached hydrogens (tertiary/aromatic N) is 3. The summed E-state index contributed by atoms with van der Waals surface area (Å²) in [5.74, 6) is 0. The van der Waals surface area contributed by atoms with E-state index in [1.807, 2.05) is 43.3 Å². The van der Waals surface area contributed by atoms with Crippen molar-refractivity contribution < 1.29 is 0 Å². The molecule has 0 saturated heterocycles. The minimum atomic E-state index is 0.331. The lowest BCUT2D eigenvalue weighted by Gasteiger charge is -2.20. The number of nitrogens with two attached hydrogens (primary N) is 1. The van der Waals surface area contributed by atoms with Crippen LogP contribution in [0.5, 0.6) is 0 Å². The Labute approximate surface area is 149 Å². The highest BCUT2D eigenvalue weighted by molar-refractivity contribution is 5.85. The number of hydrogen-bond donors (Lipinski definition) is 1. The van der Waals surface area contributed by atoms with Gasteiger partial charge in [0.25, 0.3) is 0 Å². The normalized spacial score (nSPS) is 13.3. The van der Waals surface area contributed by atoms with E-state index < -0.39 is 0 Å². The Morgan fingerprint density at radius 2 is 1.48 bits per heavy atom. The van der Waals surface area contributed by atoms with Gasteiger partial charge < -0.3 is 10.6 Å². The third-order valence-corrected chi connectivity index (χ3v) is 5.01. The van der Waals surface area contributed by atoms with Crippen LogP contribution >= 0.6 is 0 Å². The van der Waals surface area contributed by atoms with Gasteiger partial charge in [0, 0.05) is 25.3 Å². The summed E-state index contributed by atoms with van der Waals surface area (Å²) >= 11 is 0. The highest BCUT2D eigenvalue weighted by atomic mass is 15.1. The molecule has 0 amide bonds. The first kappa shape index (κ1) is 16.9. The van der Waals surface area contributed by atoms with Crippen LogP contribution in [0.15, 0.2) is 24.3 Å². The van der Waals surface area contributed by atoms with Gasteiger partial charge in [-0.05, 0) is 54.5 Å². The van der Waals surface area contributed by atoms with Gasteiger partial charge in [0.2, 0.25) is 0 Å². The van der Waals surface area contributed by atoms with E-state index in [0.29, 0.717) is 16.8 Å². The zero-order valence-corrected chi connectivity index (χ0v) is 14.8. The van der Waals surface area contributed by atoms with Gasteiger partial charge in [0.1, 0.15) is 12.1 Å². The number of anilines is 2. The van der Waals surface area contributed by atoms with Gasteiger partial charge in [-0.2, -0.15) is 10.5 Å². The van der Waals surface area contributed by atoms with Crippen LogP contribution in [0.2, 0.25) is 0 Å². The summed E-state index contributed by atoms with van der Waals surface area (Å²) in [5.41, 5.74) is 12.7. The molecule has 3 rings (SSSR count). The van der Waals surface area contributed by atoms with E-state index in [2.05, 4.69) is 12.1 Å². The average molecular weight is 330 g/mol. The van der Waals surface area contributed by atoms with Crippen molar-refractivity contribution in [1.82, 2.24) is 0 Å². The smallest absolute Gasteiger partial charge is 0.102 e. The molecular formula is C21H22N4. The van der Waals surface area contributed by atoms with Crippen molar-refractivity contribution >= 4 is 11.4 Å².